The van der Waals surface area contributed by atoms with Crippen LogP contribution in [0.25, 0.3) is 21.9 Å². The number of nitrogens with zero attached hydrogens (tertiary/aromatic N) is 3. The van der Waals surface area contributed by atoms with Gasteiger partial charge in [-0.2, -0.15) is 5.10 Å². The third-order valence-corrected chi connectivity index (χ3v) is 4.12. The number of carbonyl (C=O) groups is 1. The largest absolute Gasteiger partial charge is 0.422 e. The molecule has 0 bridgehead atoms. The molecule has 4 rings (SSSR count). The SMILES string of the molecule is CN(C)c1ccc(C(=O)n2cc3c(=O)oc4ccccc4c3n2)cc1. The maximum atomic E-state index is 12.7. The third-order valence-electron chi connectivity index (χ3n) is 4.12. The van der Waals surface area contributed by atoms with Crippen molar-refractivity contribution >= 4 is 33.5 Å². The maximum absolute atomic E-state index is 12.7. The first-order chi connectivity index (χ1) is 12.0. The minimum Gasteiger partial charge on any atom is -0.422 e. The van der Waals surface area contributed by atoms with E-state index in [1.54, 1.807) is 24.3 Å². The number of hydrogen-bond donors (Lipinski definition) is 0. The highest BCUT2D eigenvalue weighted by atomic mass is 16.4. The molecular weight excluding hydrogens is 318 g/mol. The molecule has 0 radical (unpaired) electrons. The Balaban J connectivity index is 1.84. The van der Waals surface area contributed by atoms with Crippen LogP contribution in [0, 0.1) is 0 Å². The second kappa shape index (κ2) is 5.59. The van der Waals surface area contributed by atoms with Gasteiger partial charge in [-0.05, 0) is 36.4 Å². The topological polar surface area (TPSA) is 68.3 Å². The summed E-state index contributed by atoms with van der Waals surface area (Å²) in [6.07, 6.45) is 1.43. The van der Waals surface area contributed by atoms with Gasteiger partial charge in [-0.25, -0.2) is 9.48 Å². The Morgan fingerprint density at radius 1 is 1.04 bits per heavy atom. The van der Waals surface area contributed by atoms with Crippen LogP contribution in [0.2, 0.25) is 0 Å². The molecule has 6 heteroatoms. The zero-order valence-corrected chi connectivity index (χ0v) is 13.8. The fraction of sp³-hybridized carbons (Fsp3) is 0.105. The molecule has 0 saturated carbocycles. The Labute approximate surface area is 142 Å². The van der Waals surface area contributed by atoms with Crippen LogP contribution in [0.15, 0.2) is 63.9 Å². The van der Waals surface area contributed by atoms with E-state index in [0.717, 1.165) is 5.69 Å². The van der Waals surface area contributed by atoms with E-state index in [4.69, 9.17) is 4.42 Å². The number of anilines is 1. The van der Waals surface area contributed by atoms with Crippen molar-refractivity contribution in [3.8, 4) is 0 Å². The van der Waals surface area contributed by atoms with E-state index in [9.17, 15) is 9.59 Å². The minimum absolute atomic E-state index is 0.289. The summed E-state index contributed by atoms with van der Waals surface area (Å²) in [6, 6.07) is 14.3. The fourth-order valence-electron chi connectivity index (χ4n) is 2.77. The average molecular weight is 333 g/mol. The van der Waals surface area contributed by atoms with Crippen molar-refractivity contribution in [3.05, 3.63) is 70.7 Å². The number of benzene rings is 2. The lowest BCUT2D eigenvalue weighted by atomic mass is 10.2. The van der Waals surface area contributed by atoms with Gasteiger partial charge >= 0.3 is 5.63 Å². The Hall–Kier alpha value is -3.41. The molecule has 6 nitrogen and oxygen atoms in total. The molecule has 4 aromatic rings. The lowest BCUT2D eigenvalue weighted by Gasteiger charge is -2.12. The molecule has 2 heterocycles. The predicted molar refractivity (Wildman–Crippen MR) is 96.3 cm³/mol. The molecule has 2 aromatic carbocycles. The second-order valence-electron chi connectivity index (χ2n) is 5.97. The molecule has 0 N–H and O–H groups in total. The molecule has 0 aliphatic carbocycles. The summed E-state index contributed by atoms with van der Waals surface area (Å²) in [4.78, 5) is 26.8. The van der Waals surface area contributed by atoms with Crippen LogP contribution in [-0.2, 0) is 0 Å². The van der Waals surface area contributed by atoms with Crippen LogP contribution in [0.1, 0.15) is 10.4 Å². The van der Waals surface area contributed by atoms with E-state index in [1.807, 2.05) is 43.3 Å². The minimum atomic E-state index is -0.504. The third kappa shape index (κ3) is 2.48. The summed E-state index contributed by atoms with van der Waals surface area (Å²) in [6.45, 7) is 0. The number of rotatable bonds is 2. The van der Waals surface area contributed by atoms with E-state index in [2.05, 4.69) is 5.10 Å². The van der Waals surface area contributed by atoms with Crippen LogP contribution in [0.5, 0.6) is 0 Å². The Kier molecular flexibility index (Phi) is 3.39. The van der Waals surface area contributed by atoms with Gasteiger partial charge in [-0.3, -0.25) is 4.79 Å². The summed E-state index contributed by atoms with van der Waals surface area (Å²) >= 11 is 0. The van der Waals surface area contributed by atoms with Crippen LogP contribution < -0.4 is 10.5 Å². The van der Waals surface area contributed by atoms with Gasteiger partial charge in [-0.1, -0.05) is 12.1 Å². The number of fused-ring (bicyclic) bond motifs is 3. The van der Waals surface area contributed by atoms with Crippen molar-refractivity contribution in [1.82, 2.24) is 9.78 Å². The Morgan fingerprint density at radius 3 is 2.48 bits per heavy atom. The summed E-state index contributed by atoms with van der Waals surface area (Å²) < 4.78 is 6.48. The zero-order chi connectivity index (χ0) is 17.6. The highest BCUT2D eigenvalue weighted by molar-refractivity contribution is 6.04. The van der Waals surface area contributed by atoms with Gasteiger partial charge < -0.3 is 9.32 Å². The van der Waals surface area contributed by atoms with E-state index in [0.29, 0.717) is 22.0 Å². The van der Waals surface area contributed by atoms with Gasteiger partial charge in [0.25, 0.3) is 5.91 Å². The van der Waals surface area contributed by atoms with Crippen LogP contribution in [0.3, 0.4) is 0 Å². The predicted octanol–water partition coefficient (Wildman–Crippen LogP) is 2.90. The van der Waals surface area contributed by atoms with Gasteiger partial charge in [0.15, 0.2) is 0 Å². The first-order valence-electron chi connectivity index (χ1n) is 7.78. The number of aromatic nitrogens is 2. The Morgan fingerprint density at radius 2 is 1.76 bits per heavy atom. The first-order valence-corrected chi connectivity index (χ1v) is 7.78. The normalized spacial score (nSPS) is 11.1. The molecular formula is C19H15N3O3. The molecule has 0 fully saturated rings. The first kappa shape index (κ1) is 15.1. The molecule has 2 aromatic heterocycles. The van der Waals surface area contributed by atoms with Gasteiger partial charge in [0.1, 0.15) is 16.5 Å². The highest BCUT2D eigenvalue weighted by Crippen LogP contribution is 2.21. The van der Waals surface area contributed by atoms with Gasteiger partial charge in [-0.15, -0.1) is 0 Å². The lowest BCUT2D eigenvalue weighted by molar-refractivity contribution is 0.0946. The van der Waals surface area contributed by atoms with Gasteiger partial charge in [0.05, 0.1) is 0 Å². The lowest BCUT2D eigenvalue weighted by Crippen LogP contribution is -2.13. The highest BCUT2D eigenvalue weighted by Gasteiger charge is 2.16. The van der Waals surface area contributed by atoms with Crippen LogP contribution in [0.4, 0.5) is 5.69 Å². The summed E-state index contributed by atoms with van der Waals surface area (Å²) in [7, 11) is 3.86. The smallest absolute Gasteiger partial charge is 0.347 e. The maximum Gasteiger partial charge on any atom is 0.347 e. The van der Waals surface area contributed by atoms with E-state index in [1.165, 1.54) is 10.9 Å². The van der Waals surface area contributed by atoms with Crippen molar-refractivity contribution < 1.29 is 9.21 Å². The molecule has 0 amide bonds. The van der Waals surface area contributed by atoms with Crippen LogP contribution in [-0.4, -0.2) is 29.8 Å². The summed E-state index contributed by atoms with van der Waals surface area (Å²) in [5.41, 5.74) is 1.90. The van der Waals surface area contributed by atoms with Crippen molar-refractivity contribution in [2.24, 2.45) is 0 Å². The van der Waals surface area contributed by atoms with Crippen molar-refractivity contribution in [2.75, 3.05) is 19.0 Å². The van der Waals surface area contributed by atoms with Gasteiger partial charge in [0, 0.05) is 36.9 Å². The summed E-state index contributed by atoms with van der Waals surface area (Å²) in [5, 5.41) is 5.32. The second-order valence-corrected chi connectivity index (χ2v) is 5.97. The standard InChI is InChI=1S/C19H15N3O3/c1-21(2)13-9-7-12(8-10-13)18(23)22-11-15-17(20-22)14-5-3-4-6-16(14)25-19(15)24/h3-11H,1-2H3. The quantitative estimate of drug-likeness (QED) is 0.528. The fourth-order valence-corrected chi connectivity index (χ4v) is 2.77. The number of carbonyl (C=O) groups excluding carboxylic acids is 1. The van der Waals surface area contributed by atoms with Crippen molar-refractivity contribution in [3.63, 3.8) is 0 Å². The molecule has 25 heavy (non-hydrogen) atoms. The van der Waals surface area contributed by atoms with Crippen molar-refractivity contribution in [2.45, 2.75) is 0 Å². The summed E-state index contributed by atoms with van der Waals surface area (Å²) in [5.74, 6) is -0.301. The molecule has 124 valence electrons. The number of hydrogen-bond acceptors (Lipinski definition) is 5. The zero-order valence-electron chi connectivity index (χ0n) is 13.8. The van der Waals surface area contributed by atoms with E-state index in [-0.39, 0.29) is 11.3 Å². The van der Waals surface area contributed by atoms with Crippen molar-refractivity contribution in [1.29, 1.82) is 0 Å². The van der Waals surface area contributed by atoms with Crippen LogP contribution >= 0.6 is 0 Å². The molecule has 0 spiro atoms. The number of para-hydroxylation sites is 1. The molecule has 0 atom stereocenters. The molecule has 0 unspecified atom stereocenters. The van der Waals surface area contributed by atoms with E-state index >= 15 is 0 Å². The van der Waals surface area contributed by atoms with E-state index < -0.39 is 5.63 Å². The molecule has 0 saturated heterocycles. The average Bonchev–Trinajstić information content (AvgIpc) is 3.07. The van der Waals surface area contributed by atoms with Gasteiger partial charge in [0.2, 0.25) is 0 Å². The molecule has 0 aliphatic heterocycles. The Bertz CT molecular complexity index is 1150. The molecule has 0 aliphatic rings. The monoisotopic (exact) mass is 333 g/mol.